The van der Waals surface area contributed by atoms with Crippen LogP contribution in [0.15, 0.2) is 0 Å². The molecule has 0 aliphatic heterocycles. The van der Waals surface area contributed by atoms with Crippen molar-refractivity contribution in [2.24, 2.45) is 5.92 Å². The van der Waals surface area contributed by atoms with Crippen LogP contribution in [0.1, 0.15) is 26.2 Å². The van der Waals surface area contributed by atoms with Crippen LogP contribution in [0, 0.1) is 5.92 Å². The van der Waals surface area contributed by atoms with Gasteiger partial charge in [-0.15, -0.1) is 0 Å². The summed E-state index contributed by atoms with van der Waals surface area (Å²) in [5, 5.41) is 0. The van der Waals surface area contributed by atoms with Crippen molar-refractivity contribution < 1.29 is 17.9 Å². The first kappa shape index (κ1) is 9.84. The van der Waals surface area contributed by atoms with Gasteiger partial charge in [0.2, 0.25) is 0 Å². The summed E-state index contributed by atoms with van der Waals surface area (Å²) in [7, 11) is 1.13. The van der Waals surface area contributed by atoms with E-state index in [1.807, 2.05) is 0 Å². The van der Waals surface area contributed by atoms with Gasteiger partial charge in [-0.2, -0.15) is 13.2 Å². The van der Waals surface area contributed by atoms with Crippen LogP contribution in [0.4, 0.5) is 13.2 Å². The Hall–Kier alpha value is -0.250. The average molecular weight is 182 g/mol. The van der Waals surface area contributed by atoms with Gasteiger partial charge in [0.05, 0.1) is 0 Å². The Labute approximate surface area is 69.9 Å². The van der Waals surface area contributed by atoms with E-state index in [0.717, 1.165) is 20.5 Å². The molecule has 0 amide bonds. The van der Waals surface area contributed by atoms with Crippen molar-refractivity contribution in [1.29, 1.82) is 0 Å². The minimum absolute atomic E-state index is 0.345. The Morgan fingerprint density at radius 3 is 1.83 bits per heavy atom. The van der Waals surface area contributed by atoms with Crippen molar-refractivity contribution in [3.05, 3.63) is 0 Å². The maximum atomic E-state index is 12.5. The van der Waals surface area contributed by atoms with E-state index in [4.69, 9.17) is 0 Å². The van der Waals surface area contributed by atoms with Crippen molar-refractivity contribution in [2.75, 3.05) is 7.11 Å². The lowest BCUT2D eigenvalue weighted by Crippen LogP contribution is -2.52. The second-order valence-corrected chi connectivity index (χ2v) is 3.44. The van der Waals surface area contributed by atoms with Gasteiger partial charge < -0.3 is 4.74 Å². The molecule has 4 heteroatoms. The maximum Gasteiger partial charge on any atom is 0.417 e. The molecule has 1 unspecified atom stereocenters. The molecule has 0 radical (unpaired) electrons. The molecule has 0 aromatic rings. The zero-order chi connectivity index (χ0) is 9.41. The minimum Gasteiger partial charge on any atom is -0.369 e. The summed E-state index contributed by atoms with van der Waals surface area (Å²) in [5.41, 5.74) is -1.93. The molecular formula is C8H13F3O. The number of alkyl halides is 3. The number of hydrogen-bond donors (Lipinski definition) is 0. The van der Waals surface area contributed by atoms with Crippen LogP contribution in [-0.4, -0.2) is 18.9 Å². The molecule has 0 N–H and O–H groups in total. The third-order valence-corrected chi connectivity index (χ3v) is 2.87. The minimum atomic E-state index is -4.24. The van der Waals surface area contributed by atoms with Gasteiger partial charge in [-0.05, 0) is 25.7 Å². The molecule has 0 heterocycles. The van der Waals surface area contributed by atoms with Gasteiger partial charge in [0, 0.05) is 7.11 Å². The Kier molecular flexibility index (Phi) is 2.38. The number of methoxy groups -OCH3 is 1. The highest BCUT2D eigenvalue weighted by Gasteiger charge is 2.57. The van der Waals surface area contributed by atoms with Gasteiger partial charge in [0.1, 0.15) is 0 Å². The standard InChI is InChI=1S/C8H13F3O/c1-7(12-2,8(9,10)11)6-4-3-5-6/h6H,3-5H2,1-2H3. The van der Waals surface area contributed by atoms with E-state index in [-0.39, 0.29) is 5.92 Å². The van der Waals surface area contributed by atoms with Gasteiger partial charge in [0.25, 0.3) is 0 Å². The van der Waals surface area contributed by atoms with Crippen LogP contribution in [0.5, 0.6) is 0 Å². The van der Waals surface area contributed by atoms with Crippen molar-refractivity contribution in [3.63, 3.8) is 0 Å². The van der Waals surface area contributed by atoms with E-state index < -0.39 is 11.8 Å². The molecule has 0 spiro atoms. The molecule has 1 fully saturated rings. The summed E-state index contributed by atoms with van der Waals surface area (Å²) in [6, 6.07) is 0. The number of halogens is 3. The third-order valence-electron chi connectivity index (χ3n) is 2.87. The zero-order valence-corrected chi connectivity index (χ0v) is 7.24. The normalized spacial score (nSPS) is 24.8. The van der Waals surface area contributed by atoms with E-state index in [9.17, 15) is 13.2 Å². The van der Waals surface area contributed by atoms with Crippen LogP contribution in [0.3, 0.4) is 0 Å². The number of ether oxygens (including phenoxy) is 1. The van der Waals surface area contributed by atoms with Crippen LogP contribution < -0.4 is 0 Å². The quantitative estimate of drug-likeness (QED) is 0.638. The van der Waals surface area contributed by atoms with E-state index in [0.29, 0.717) is 12.8 Å². The summed E-state index contributed by atoms with van der Waals surface area (Å²) in [4.78, 5) is 0. The second-order valence-electron chi connectivity index (χ2n) is 3.44. The number of hydrogen-bond acceptors (Lipinski definition) is 1. The largest absolute Gasteiger partial charge is 0.417 e. The molecule has 12 heavy (non-hydrogen) atoms. The van der Waals surface area contributed by atoms with E-state index in [2.05, 4.69) is 4.74 Å². The molecule has 1 rings (SSSR count). The summed E-state index contributed by atoms with van der Waals surface area (Å²) in [6.07, 6.45) is -2.10. The molecule has 1 nitrogen and oxygen atoms in total. The first-order valence-electron chi connectivity index (χ1n) is 4.03. The topological polar surface area (TPSA) is 9.23 Å². The van der Waals surface area contributed by atoms with Gasteiger partial charge >= 0.3 is 6.18 Å². The highest BCUT2D eigenvalue weighted by molar-refractivity contribution is 4.94. The first-order valence-corrected chi connectivity index (χ1v) is 4.03. The molecule has 0 aromatic carbocycles. The lowest BCUT2D eigenvalue weighted by atomic mass is 9.73. The summed E-state index contributed by atoms with van der Waals surface area (Å²) < 4.78 is 41.9. The summed E-state index contributed by atoms with van der Waals surface area (Å²) >= 11 is 0. The Balaban J connectivity index is 2.73. The van der Waals surface area contributed by atoms with Crippen LogP contribution in [0.2, 0.25) is 0 Å². The third kappa shape index (κ3) is 1.32. The van der Waals surface area contributed by atoms with Crippen LogP contribution in [0.25, 0.3) is 0 Å². The molecule has 1 saturated carbocycles. The van der Waals surface area contributed by atoms with E-state index >= 15 is 0 Å². The maximum absolute atomic E-state index is 12.5. The fourth-order valence-electron chi connectivity index (χ4n) is 1.47. The number of rotatable bonds is 2. The van der Waals surface area contributed by atoms with Crippen LogP contribution in [-0.2, 0) is 4.74 Å². The van der Waals surface area contributed by atoms with Gasteiger partial charge in [-0.25, -0.2) is 0 Å². The van der Waals surface area contributed by atoms with Crippen molar-refractivity contribution >= 4 is 0 Å². The smallest absolute Gasteiger partial charge is 0.369 e. The molecule has 1 aliphatic rings. The average Bonchev–Trinajstić information content (AvgIpc) is 1.81. The Morgan fingerprint density at radius 1 is 1.25 bits per heavy atom. The van der Waals surface area contributed by atoms with Crippen LogP contribution >= 0.6 is 0 Å². The Morgan fingerprint density at radius 2 is 1.75 bits per heavy atom. The second kappa shape index (κ2) is 2.91. The zero-order valence-electron chi connectivity index (χ0n) is 7.24. The first-order chi connectivity index (χ1) is 5.42. The van der Waals surface area contributed by atoms with Gasteiger partial charge in [0.15, 0.2) is 5.60 Å². The molecule has 0 saturated heterocycles. The predicted molar refractivity (Wildman–Crippen MR) is 38.8 cm³/mol. The molecular weight excluding hydrogens is 169 g/mol. The van der Waals surface area contributed by atoms with Gasteiger partial charge in [-0.3, -0.25) is 0 Å². The summed E-state index contributed by atoms with van der Waals surface area (Å²) in [6.45, 7) is 1.14. The molecule has 1 atom stereocenters. The van der Waals surface area contributed by atoms with E-state index in [1.54, 1.807) is 0 Å². The SMILES string of the molecule is COC(C)(C1CCC1)C(F)(F)F. The monoisotopic (exact) mass is 182 g/mol. The lowest BCUT2D eigenvalue weighted by molar-refractivity contribution is -0.289. The highest BCUT2D eigenvalue weighted by Crippen LogP contribution is 2.47. The molecule has 72 valence electrons. The fraction of sp³-hybridized carbons (Fsp3) is 1.00. The molecule has 0 aromatic heterocycles. The van der Waals surface area contributed by atoms with Crippen molar-refractivity contribution in [3.8, 4) is 0 Å². The fourth-order valence-corrected chi connectivity index (χ4v) is 1.47. The van der Waals surface area contributed by atoms with E-state index in [1.165, 1.54) is 0 Å². The predicted octanol–water partition coefficient (Wildman–Crippen LogP) is 2.75. The Bertz CT molecular complexity index is 162. The molecule has 0 bridgehead atoms. The van der Waals surface area contributed by atoms with Gasteiger partial charge in [-0.1, -0.05) is 6.42 Å². The summed E-state index contributed by atoms with van der Waals surface area (Å²) in [5.74, 6) is -0.345. The van der Waals surface area contributed by atoms with Crippen molar-refractivity contribution in [1.82, 2.24) is 0 Å². The highest BCUT2D eigenvalue weighted by atomic mass is 19.4. The van der Waals surface area contributed by atoms with Crippen molar-refractivity contribution in [2.45, 2.75) is 38.0 Å². The molecule has 1 aliphatic carbocycles. The lowest BCUT2D eigenvalue weighted by Gasteiger charge is -2.42.